The molecule has 0 amide bonds. The van der Waals surface area contributed by atoms with Crippen LogP contribution in [0.5, 0.6) is 0 Å². The second-order valence-electron chi connectivity index (χ2n) is 2.56. The van der Waals surface area contributed by atoms with Crippen molar-refractivity contribution in [2.45, 2.75) is 32.8 Å². The van der Waals surface area contributed by atoms with Crippen molar-refractivity contribution in [1.29, 1.82) is 5.26 Å². The number of hydrogen-bond acceptors (Lipinski definition) is 2. The molecule has 0 aliphatic rings. The van der Waals surface area contributed by atoms with E-state index in [9.17, 15) is 0 Å². The minimum absolute atomic E-state index is 0.129. The standard InChI is InChI=1S/C7H13NO/c1-4-7(2,3)9-6-5-8/h4,6H2,1-3H3. The largest absolute Gasteiger partial charge is 0.361 e. The summed E-state index contributed by atoms with van der Waals surface area (Å²) in [5.41, 5.74) is -0.129. The van der Waals surface area contributed by atoms with Gasteiger partial charge in [0.25, 0.3) is 0 Å². The predicted molar refractivity (Wildman–Crippen MR) is 35.9 cm³/mol. The molecule has 0 aromatic heterocycles. The van der Waals surface area contributed by atoms with E-state index < -0.39 is 0 Å². The van der Waals surface area contributed by atoms with Crippen molar-refractivity contribution in [3.63, 3.8) is 0 Å². The van der Waals surface area contributed by atoms with Crippen LogP contribution in [0.4, 0.5) is 0 Å². The first-order valence-corrected chi connectivity index (χ1v) is 3.13. The van der Waals surface area contributed by atoms with E-state index in [1.54, 1.807) is 0 Å². The second kappa shape index (κ2) is 3.47. The van der Waals surface area contributed by atoms with Crippen LogP contribution in [0.2, 0.25) is 0 Å². The van der Waals surface area contributed by atoms with Gasteiger partial charge in [-0.15, -0.1) is 0 Å². The third-order valence-electron chi connectivity index (χ3n) is 1.38. The van der Waals surface area contributed by atoms with Crippen molar-refractivity contribution >= 4 is 0 Å². The molecular weight excluding hydrogens is 114 g/mol. The van der Waals surface area contributed by atoms with Crippen molar-refractivity contribution in [2.24, 2.45) is 0 Å². The van der Waals surface area contributed by atoms with E-state index in [2.05, 4.69) is 0 Å². The summed E-state index contributed by atoms with van der Waals surface area (Å²) in [4.78, 5) is 0. The van der Waals surface area contributed by atoms with Gasteiger partial charge in [0.05, 0.1) is 11.7 Å². The first kappa shape index (κ1) is 8.45. The van der Waals surface area contributed by atoms with Gasteiger partial charge in [-0.1, -0.05) is 6.92 Å². The molecule has 2 heteroatoms. The zero-order valence-corrected chi connectivity index (χ0v) is 6.27. The Labute approximate surface area is 56.4 Å². The lowest BCUT2D eigenvalue weighted by molar-refractivity contribution is -0.00116. The van der Waals surface area contributed by atoms with Crippen LogP contribution < -0.4 is 0 Å². The van der Waals surface area contributed by atoms with Gasteiger partial charge in [0.2, 0.25) is 0 Å². The van der Waals surface area contributed by atoms with Crippen molar-refractivity contribution < 1.29 is 4.74 Å². The monoisotopic (exact) mass is 127 g/mol. The van der Waals surface area contributed by atoms with Crippen LogP contribution in [0.3, 0.4) is 0 Å². The molecule has 0 unspecified atom stereocenters. The van der Waals surface area contributed by atoms with Gasteiger partial charge in [0.15, 0.2) is 0 Å². The quantitative estimate of drug-likeness (QED) is 0.578. The molecule has 0 spiro atoms. The molecule has 0 atom stereocenters. The fourth-order valence-corrected chi connectivity index (χ4v) is 0.330. The highest BCUT2D eigenvalue weighted by atomic mass is 16.5. The molecule has 0 N–H and O–H groups in total. The molecular formula is C7H13NO. The van der Waals surface area contributed by atoms with Crippen LogP contribution in [0.1, 0.15) is 27.2 Å². The van der Waals surface area contributed by atoms with Crippen molar-refractivity contribution in [3.05, 3.63) is 0 Å². The van der Waals surface area contributed by atoms with E-state index in [1.165, 1.54) is 0 Å². The predicted octanol–water partition coefficient (Wildman–Crippen LogP) is 1.72. The maximum atomic E-state index is 8.15. The maximum absolute atomic E-state index is 8.15. The summed E-state index contributed by atoms with van der Waals surface area (Å²) >= 11 is 0. The number of nitriles is 1. The minimum Gasteiger partial charge on any atom is -0.361 e. The van der Waals surface area contributed by atoms with Crippen LogP contribution in [0, 0.1) is 11.3 Å². The summed E-state index contributed by atoms with van der Waals surface area (Å²) < 4.78 is 5.17. The fourth-order valence-electron chi connectivity index (χ4n) is 0.330. The van der Waals surface area contributed by atoms with Crippen molar-refractivity contribution in [3.8, 4) is 6.07 Å². The normalized spacial score (nSPS) is 10.9. The Bertz CT molecular complexity index is 113. The molecule has 0 aliphatic carbocycles. The highest BCUT2D eigenvalue weighted by molar-refractivity contribution is 4.72. The SMILES string of the molecule is CCC(C)(C)OCC#N. The van der Waals surface area contributed by atoms with Gasteiger partial charge in [-0.05, 0) is 20.3 Å². The van der Waals surface area contributed by atoms with Crippen molar-refractivity contribution in [2.75, 3.05) is 6.61 Å². The third-order valence-corrected chi connectivity index (χ3v) is 1.38. The Morgan fingerprint density at radius 1 is 1.56 bits per heavy atom. The lowest BCUT2D eigenvalue weighted by Crippen LogP contribution is -2.22. The van der Waals surface area contributed by atoms with Crippen LogP contribution in [0.15, 0.2) is 0 Å². The van der Waals surface area contributed by atoms with Crippen LogP contribution in [-0.4, -0.2) is 12.2 Å². The lowest BCUT2D eigenvalue weighted by atomic mass is 10.1. The molecule has 0 fully saturated rings. The maximum Gasteiger partial charge on any atom is 0.134 e. The molecule has 0 heterocycles. The van der Waals surface area contributed by atoms with Gasteiger partial charge < -0.3 is 4.74 Å². The number of rotatable bonds is 3. The zero-order valence-electron chi connectivity index (χ0n) is 6.27. The van der Waals surface area contributed by atoms with Crippen LogP contribution in [0.25, 0.3) is 0 Å². The highest BCUT2D eigenvalue weighted by Crippen LogP contribution is 2.12. The molecule has 0 saturated carbocycles. The Morgan fingerprint density at radius 3 is 2.44 bits per heavy atom. The first-order valence-electron chi connectivity index (χ1n) is 3.13. The molecule has 0 saturated heterocycles. The van der Waals surface area contributed by atoms with Crippen LogP contribution >= 0.6 is 0 Å². The van der Waals surface area contributed by atoms with Gasteiger partial charge in [0, 0.05) is 0 Å². The summed E-state index contributed by atoms with van der Waals surface area (Å²) in [7, 11) is 0. The Kier molecular flexibility index (Phi) is 3.26. The Morgan fingerprint density at radius 2 is 2.11 bits per heavy atom. The molecule has 0 aromatic rings. The molecule has 52 valence electrons. The summed E-state index contributed by atoms with van der Waals surface area (Å²) in [6.45, 7) is 6.19. The first-order chi connectivity index (χ1) is 4.12. The summed E-state index contributed by atoms with van der Waals surface area (Å²) in [6.07, 6.45) is 0.939. The molecule has 0 rings (SSSR count). The van der Waals surface area contributed by atoms with E-state index >= 15 is 0 Å². The fraction of sp³-hybridized carbons (Fsp3) is 0.857. The van der Waals surface area contributed by atoms with E-state index in [-0.39, 0.29) is 12.2 Å². The van der Waals surface area contributed by atoms with Crippen LogP contribution in [-0.2, 0) is 4.74 Å². The molecule has 0 bridgehead atoms. The zero-order chi connectivity index (χ0) is 7.33. The second-order valence-corrected chi connectivity index (χ2v) is 2.56. The molecule has 2 nitrogen and oxygen atoms in total. The average molecular weight is 127 g/mol. The van der Waals surface area contributed by atoms with Gasteiger partial charge in [-0.25, -0.2) is 0 Å². The molecule has 9 heavy (non-hydrogen) atoms. The Hall–Kier alpha value is -0.550. The van der Waals surface area contributed by atoms with Gasteiger partial charge in [-0.3, -0.25) is 0 Å². The topological polar surface area (TPSA) is 33.0 Å². The average Bonchev–Trinajstić information content (AvgIpc) is 1.84. The van der Waals surface area contributed by atoms with E-state index in [0.717, 1.165) is 6.42 Å². The smallest absolute Gasteiger partial charge is 0.134 e. The summed E-state index contributed by atoms with van der Waals surface area (Å²) in [5.74, 6) is 0. The highest BCUT2D eigenvalue weighted by Gasteiger charge is 2.13. The van der Waals surface area contributed by atoms with Gasteiger partial charge in [-0.2, -0.15) is 5.26 Å². The molecule has 0 aliphatic heterocycles. The Balaban J connectivity index is 3.48. The summed E-state index contributed by atoms with van der Waals surface area (Å²) in [6, 6.07) is 1.94. The van der Waals surface area contributed by atoms with Gasteiger partial charge in [0.1, 0.15) is 6.61 Å². The molecule has 0 aromatic carbocycles. The van der Waals surface area contributed by atoms with E-state index in [4.69, 9.17) is 10.00 Å². The number of hydrogen-bond donors (Lipinski definition) is 0. The summed E-state index contributed by atoms with van der Waals surface area (Å²) in [5, 5.41) is 8.15. The number of nitrogens with zero attached hydrogens (tertiary/aromatic N) is 1. The third kappa shape index (κ3) is 3.99. The molecule has 0 radical (unpaired) electrons. The van der Waals surface area contributed by atoms with Crippen molar-refractivity contribution in [1.82, 2.24) is 0 Å². The minimum atomic E-state index is -0.129. The number of ether oxygens (including phenoxy) is 1. The lowest BCUT2D eigenvalue weighted by Gasteiger charge is -2.20. The van der Waals surface area contributed by atoms with E-state index in [0.29, 0.717) is 0 Å². The van der Waals surface area contributed by atoms with E-state index in [1.807, 2.05) is 26.8 Å². The van der Waals surface area contributed by atoms with Gasteiger partial charge >= 0.3 is 0 Å².